The van der Waals surface area contributed by atoms with Gasteiger partial charge in [-0.3, -0.25) is 19.5 Å². The lowest BCUT2D eigenvalue weighted by Gasteiger charge is -2.05. The minimum atomic E-state index is -0.632. The summed E-state index contributed by atoms with van der Waals surface area (Å²) in [4.78, 5) is 44.8. The molecule has 3 aromatic heterocycles. The van der Waals surface area contributed by atoms with E-state index >= 15 is 0 Å². The van der Waals surface area contributed by atoms with Crippen LogP contribution in [-0.2, 0) is 6.54 Å². The molecular weight excluding hydrogens is 336 g/mol. The number of aryl methyl sites for hydroxylation is 1. The number of aromatic nitrogens is 3. The smallest absolute Gasteiger partial charge is 0.313 e. The fourth-order valence-corrected chi connectivity index (χ4v) is 3.31. The van der Waals surface area contributed by atoms with E-state index in [9.17, 15) is 14.4 Å². The van der Waals surface area contributed by atoms with Crippen LogP contribution < -0.4 is 16.6 Å². The Labute approximate surface area is 138 Å². The summed E-state index contributed by atoms with van der Waals surface area (Å²) in [6.07, 6.45) is 2.76. The Balaban J connectivity index is 1.92. The van der Waals surface area contributed by atoms with E-state index in [1.165, 1.54) is 22.7 Å². The Kier molecular flexibility index (Phi) is 4.22. The summed E-state index contributed by atoms with van der Waals surface area (Å²) >= 11 is 2.74. The fourth-order valence-electron chi connectivity index (χ4n) is 1.95. The van der Waals surface area contributed by atoms with Gasteiger partial charge in [0.05, 0.1) is 6.54 Å². The zero-order chi connectivity index (χ0) is 16.4. The highest BCUT2D eigenvalue weighted by atomic mass is 32.1. The Bertz CT molecular complexity index is 953. The minimum Gasteiger partial charge on any atom is -0.313 e. The molecule has 3 aromatic rings. The maximum atomic E-state index is 12.4. The summed E-state index contributed by atoms with van der Waals surface area (Å²) in [5, 5.41) is 4.82. The molecule has 0 aliphatic carbocycles. The quantitative estimate of drug-likeness (QED) is 0.749. The average Bonchev–Trinajstić information content (AvgIpc) is 3.15. The molecule has 118 valence electrons. The van der Waals surface area contributed by atoms with Crippen molar-refractivity contribution >= 4 is 33.7 Å². The standard InChI is InChI=1S/C14H12N4O3S2/c1-8-5-15-13(23-8)17-11(19)10-6-16-14(21)18(12(10)20)7-9-3-2-4-22-9/h2-6H,7H2,1H3,(H,16,21)(H,15,17,19). The molecule has 2 N–H and O–H groups in total. The second kappa shape index (κ2) is 6.31. The molecule has 23 heavy (non-hydrogen) atoms. The summed E-state index contributed by atoms with van der Waals surface area (Å²) in [7, 11) is 0. The highest BCUT2D eigenvalue weighted by molar-refractivity contribution is 7.15. The van der Waals surface area contributed by atoms with Crippen molar-refractivity contribution in [2.45, 2.75) is 13.5 Å². The van der Waals surface area contributed by atoms with Gasteiger partial charge >= 0.3 is 5.69 Å². The molecule has 0 fully saturated rings. The first-order valence-electron chi connectivity index (χ1n) is 6.63. The van der Waals surface area contributed by atoms with E-state index in [0.29, 0.717) is 5.13 Å². The number of nitrogens with zero attached hydrogens (tertiary/aromatic N) is 2. The van der Waals surface area contributed by atoms with Gasteiger partial charge in [0.1, 0.15) is 5.56 Å². The van der Waals surface area contributed by atoms with Gasteiger partial charge in [-0.1, -0.05) is 6.07 Å². The van der Waals surface area contributed by atoms with Gasteiger partial charge in [0.15, 0.2) is 5.13 Å². The van der Waals surface area contributed by atoms with Gasteiger partial charge in [-0.05, 0) is 18.4 Å². The molecule has 1 amide bonds. The third-order valence-electron chi connectivity index (χ3n) is 3.04. The molecule has 0 atom stereocenters. The fraction of sp³-hybridized carbons (Fsp3) is 0.143. The largest absolute Gasteiger partial charge is 0.328 e. The number of anilines is 1. The van der Waals surface area contributed by atoms with Crippen LogP contribution in [0.1, 0.15) is 20.1 Å². The van der Waals surface area contributed by atoms with E-state index in [2.05, 4.69) is 15.3 Å². The molecule has 0 saturated heterocycles. The number of aromatic amines is 1. The first kappa shape index (κ1) is 15.4. The zero-order valence-corrected chi connectivity index (χ0v) is 13.7. The lowest BCUT2D eigenvalue weighted by Crippen LogP contribution is -2.39. The van der Waals surface area contributed by atoms with Crippen LogP contribution in [0, 0.1) is 6.92 Å². The Morgan fingerprint density at radius 2 is 2.26 bits per heavy atom. The molecule has 0 saturated carbocycles. The number of hydrogen-bond acceptors (Lipinski definition) is 6. The third kappa shape index (κ3) is 3.30. The topological polar surface area (TPSA) is 96.8 Å². The molecular formula is C14H12N4O3S2. The normalized spacial score (nSPS) is 10.7. The van der Waals surface area contributed by atoms with Gasteiger partial charge in [0, 0.05) is 22.1 Å². The Hall–Kier alpha value is -2.52. The van der Waals surface area contributed by atoms with Crippen LogP contribution in [0.4, 0.5) is 5.13 Å². The van der Waals surface area contributed by atoms with E-state index in [1.54, 1.807) is 6.20 Å². The lowest BCUT2D eigenvalue weighted by molar-refractivity contribution is 0.102. The number of H-pyrrole nitrogens is 1. The third-order valence-corrected chi connectivity index (χ3v) is 4.73. The molecule has 0 unspecified atom stereocenters. The number of hydrogen-bond donors (Lipinski definition) is 2. The summed E-state index contributed by atoms with van der Waals surface area (Å²) in [5.41, 5.74) is -1.31. The van der Waals surface area contributed by atoms with Crippen molar-refractivity contribution in [2.24, 2.45) is 0 Å². The highest BCUT2D eigenvalue weighted by Gasteiger charge is 2.16. The first-order chi connectivity index (χ1) is 11.0. The molecule has 3 heterocycles. The molecule has 0 radical (unpaired) electrons. The number of rotatable bonds is 4. The molecule has 7 nitrogen and oxygen atoms in total. The monoisotopic (exact) mass is 348 g/mol. The van der Waals surface area contributed by atoms with Gasteiger partial charge in [-0.15, -0.1) is 22.7 Å². The van der Waals surface area contributed by atoms with Crippen LogP contribution in [0.25, 0.3) is 0 Å². The van der Waals surface area contributed by atoms with Crippen LogP contribution in [0.2, 0.25) is 0 Å². The number of thiazole rings is 1. The van der Waals surface area contributed by atoms with Crippen molar-refractivity contribution in [2.75, 3.05) is 5.32 Å². The number of amides is 1. The van der Waals surface area contributed by atoms with Crippen LogP contribution in [-0.4, -0.2) is 20.4 Å². The van der Waals surface area contributed by atoms with Crippen molar-refractivity contribution in [1.29, 1.82) is 0 Å². The highest BCUT2D eigenvalue weighted by Crippen LogP contribution is 2.16. The molecule has 3 rings (SSSR count). The van der Waals surface area contributed by atoms with E-state index in [4.69, 9.17) is 0 Å². The Morgan fingerprint density at radius 3 is 2.91 bits per heavy atom. The van der Waals surface area contributed by atoms with Crippen molar-refractivity contribution in [3.05, 3.63) is 66.1 Å². The summed E-state index contributed by atoms with van der Waals surface area (Å²) in [5.74, 6) is -0.597. The van der Waals surface area contributed by atoms with Gasteiger partial charge in [0.25, 0.3) is 11.5 Å². The number of thiophene rings is 1. The van der Waals surface area contributed by atoms with Crippen LogP contribution >= 0.6 is 22.7 Å². The van der Waals surface area contributed by atoms with Crippen molar-refractivity contribution in [3.8, 4) is 0 Å². The maximum absolute atomic E-state index is 12.4. The van der Waals surface area contributed by atoms with Crippen LogP contribution in [0.15, 0.2) is 39.5 Å². The maximum Gasteiger partial charge on any atom is 0.328 e. The molecule has 0 aliphatic heterocycles. The Morgan fingerprint density at radius 1 is 1.43 bits per heavy atom. The van der Waals surface area contributed by atoms with Gasteiger partial charge in [0.2, 0.25) is 0 Å². The van der Waals surface area contributed by atoms with Gasteiger partial charge in [-0.2, -0.15) is 0 Å². The zero-order valence-electron chi connectivity index (χ0n) is 12.0. The second-order valence-corrected chi connectivity index (χ2v) is 6.98. The van der Waals surface area contributed by atoms with E-state index in [-0.39, 0.29) is 12.1 Å². The van der Waals surface area contributed by atoms with Crippen LogP contribution in [0.5, 0.6) is 0 Å². The molecule has 0 spiro atoms. The molecule has 0 aliphatic rings. The second-order valence-electron chi connectivity index (χ2n) is 4.71. The average molecular weight is 348 g/mol. The summed E-state index contributed by atoms with van der Waals surface area (Å²) in [6, 6.07) is 3.65. The van der Waals surface area contributed by atoms with E-state index < -0.39 is 17.2 Å². The molecule has 9 heteroatoms. The van der Waals surface area contributed by atoms with Gasteiger partial charge in [-0.25, -0.2) is 9.78 Å². The van der Waals surface area contributed by atoms with Crippen molar-refractivity contribution < 1.29 is 4.79 Å². The predicted molar refractivity (Wildman–Crippen MR) is 89.5 cm³/mol. The number of carbonyl (C=O) groups excluding carboxylic acids is 1. The van der Waals surface area contributed by atoms with E-state index in [0.717, 1.165) is 20.5 Å². The SMILES string of the molecule is Cc1cnc(NC(=O)c2c[nH]c(=O)n(Cc3cccs3)c2=O)s1. The number of carbonyl (C=O) groups is 1. The number of nitrogens with one attached hydrogen (secondary N) is 2. The van der Waals surface area contributed by atoms with Crippen molar-refractivity contribution in [1.82, 2.24) is 14.5 Å². The lowest BCUT2D eigenvalue weighted by atomic mass is 10.3. The summed E-state index contributed by atoms with van der Waals surface area (Å²) < 4.78 is 1.01. The summed E-state index contributed by atoms with van der Waals surface area (Å²) in [6.45, 7) is 1.99. The first-order valence-corrected chi connectivity index (χ1v) is 8.33. The minimum absolute atomic E-state index is 0.128. The van der Waals surface area contributed by atoms with Crippen LogP contribution in [0.3, 0.4) is 0 Å². The van der Waals surface area contributed by atoms with Gasteiger partial charge < -0.3 is 4.98 Å². The molecule has 0 bridgehead atoms. The van der Waals surface area contributed by atoms with Crippen molar-refractivity contribution in [3.63, 3.8) is 0 Å². The molecule has 0 aromatic carbocycles. The van der Waals surface area contributed by atoms with E-state index in [1.807, 2.05) is 24.4 Å². The predicted octanol–water partition coefficient (Wildman–Crippen LogP) is 1.66.